The Kier molecular flexibility index (Phi) is 7.59. The summed E-state index contributed by atoms with van der Waals surface area (Å²) in [5.74, 6) is -0.592. The molecule has 0 spiro atoms. The lowest BCUT2D eigenvalue weighted by atomic mass is 10.1. The van der Waals surface area contributed by atoms with Crippen LogP contribution in [0.1, 0.15) is 40.1 Å². The van der Waals surface area contributed by atoms with Gasteiger partial charge in [-0.3, -0.25) is 14.5 Å². The highest BCUT2D eigenvalue weighted by Gasteiger charge is 2.24. The number of rotatable bonds is 7. The number of benzene rings is 1. The van der Waals surface area contributed by atoms with E-state index in [1.165, 1.54) is 16.9 Å². The fraction of sp³-hybridized carbons (Fsp3) is 0.409. The van der Waals surface area contributed by atoms with Gasteiger partial charge in [0.15, 0.2) is 0 Å². The molecule has 0 atom stereocenters. The van der Waals surface area contributed by atoms with E-state index < -0.39 is 5.97 Å². The van der Waals surface area contributed by atoms with Crippen molar-refractivity contribution in [2.24, 2.45) is 0 Å². The van der Waals surface area contributed by atoms with Gasteiger partial charge in [-0.1, -0.05) is 19.1 Å². The molecule has 0 radical (unpaired) electrons. The summed E-state index contributed by atoms with van der Waals surface area (Å²) in [7, 11) is 0. The van der Waals surface area contributed by atoms with Crippen LogP contribution in [0.4, 0.5) is 5.00 Å². The van der Waals surface area contributed by atoms with Gasteiger partial charge in [0.1, 0.15) is 5.00 Å². The standard InChI is InChI=1S/C22H27N3O4S/c1-3-16-5-7-17(8-6-16)21(27)25-12-10-24(11-13-25)15-19(26)23-20-18(9-14-30-20)22(28)29-4-2/h5-9,14H,3-4,10-13,15H2,1-2H3,(H,23,26). The van der Waals surface area contributed by atoms with Crippen LogP contribution in [0.5, 0.6) is 0 Å². The minimum atomic E-state index is -0.437. The zero-order chi connectivity index (χ0) is 21.5. The Hall–Kier alpha value is -2.71. The Morgan fingerprint density at radius 2 is 1.73 bits per heavy atom. The van der Waals surface area contributed by atoms with Crippen molar-refractivity contribution in [1.82, 2.24) is 9.80 Å². The van der Waals surface area contributed by atoms with Crippen LogP contribution in [-0.4, -0.2) is 66.9 Å². The van der Waals surface area contributed by atoms with Gasteiger partial charge in [0.25, 0.3) is 5.91 Å². The molecule has 30 heavy (non-hydrogen) atoms. The molecule has 0 unspecified atom stereocenters. The van der Waals surface area contributed by atoms with Crippen molar-refractivity contribution in [1.29, 1.82) is 0 Å². The van der Waals surface area contributed by atoms with Gasteiger partial charge in [-0.15, -0.1) is 11.3 Å². The zero-order valence-corrected chi connectivity index (χ0v) is 18.2. The number of amides is 2. The quantitative estimate of drug-likeness (QED) is 0.685. The number of nitrogens with one attached hydrogen (secondary N) is 1. The van der Waals surface area contributed by atoms with E-state index in [1.54, 1.807) is 18.4 Å². The van der Waals surface area contributed by atoms with Crippen LogP contribution in [0.3, 0.4) is 0 Å². The first kappa shape index (κ1) is 22.0. The fourth-order valence-corrected chi connectivity index (χ4v) is 4.11. The maximum absolute atomic E-state index is 12.7. The number of esters is 1. The molecule has 1 aliphatic heterocycles. The van der Waals surface area contributed by atoms with E-state index in [4.69, 9.17) is 4.74 Å². The summed E-state index contributed by atoms with van der Waals surface area (Å²) in [6, 6.07) is 9.38. The molecule has 2 aromatic rings. The predicted octanol–water partition coefficient (Wildman–Crippen LogP) is 2.88. The summed E-state index contributed by atoms with van der Waals surface area (Å²) in [6.07, 6.45) is 0.946. The van der Waals surface area contributed by atoms with E-state index in [-0.39, 0.29) is 25.0 Å². The van der Waals surface area contributed by atoms with Gasteiger partial charge < -0.3 is 15.0 Å². The summed E-state index contributed by atoms with van der Waals surface area (Å²) in [5.41, 5.74) is 2.28. The molecule has 1 fully saturated rings. The molecular formula is C22H27N3O4S. The van der Waals surface area contributed by atoms with Gasteiger partial charge in [0.2, 0.25) is 5.91 Å². The molecule has 1 saturated heterocycles. The third kappa shape index (κ3) is 5.46. The van der Waals surface area contributed by atoms with Gasteiger partial charge in [-0.2, -0.15) is 0 Å². The molecule has 0 aliphatic carbocycles. The summed E-state index contributed by atoms with van der Waals surface area (Å²) in [6.45, 7) is 6.74. The van der Waals surface area contributed by atoms with Crippen molar-refractivity contribution in [3.8, 4) is 0 Å². The summed E-state index contributed by atoms with van der Waals surface area (Å²) < 4.78 is 5.01. The highest BCUT2D eigenvalue weighted by atomic mass is 32.1. The van der Waals surface area contributed by atoms with Crippen LogP contribution in [0.25, 0.3) is 0 Å². The van der Waals surface area contributed by atoms with Gasteiger partial charge in [0.05, 0.1) is 18.7 Å². The van der Waals surface area contributed by atoms with Crippen LogP contribution in [0.2, 0.25) is 0 Å². The van der Waals surface area contributed by atoms with Gasteiger partial charge in [0, 0.05) is 31.7 Å². The molecule has 160 valence electrons. The van der Waals surface area contributed by atoms with E-state index >= 15 is 0 Å². The molecular weight excluding hydrogens is 402 g/mol. The first-order valence-corrected chi connectivity index (χ1v) is 11.0. The van der Waals surface area contributed by atoms with E-state index in [9.17, 15) is 14.4 Å². The lowest BCUT2D eigenvalue weighted by Gasteiger charge is -2.34. The third-order valence-corrected chi connectivity index (χ3v) is 5.88. The van der Waals surface area contributed by atoms with Crippen LogP contribution in [0, 0.1) is 0 Å². The molecule has 2 heterocycles. The zero-order valence-electron chi connectivity index (χ0n) is 17.3. The fourth-order valence-electron chi connectivity index (χ4n) is 3.32. The van der Waals surface area contributed by atoms with Gasteiger partial charge in [-0.05, 0) is 42.5 Å². The molecule has 1 aromatic carbocycles. The molecule has 1 N–H and O–H groups in total. The average molecular weight is 430 g/mol. The van der Waals surface area contributed by atoms with Gasteiger partial charge >= 0.3 is 5.97 Å². The lowest BCUT2D eigenvalue weighted by Crippen LogP contribution is -2.50. The highest BCUT2D eigenvalue weighted by molar-refractivity contribution is 7.14. The van der Waals surface area contributed by atoms with Crippen molar-refractivity contribution in [3.05, 3.63) is 52.4 Å². The maximum atomic E-state index is 12.7. The number of hydrogen-bond donors (Lipinski definition) is 1. The molecule has 1 aromatic heterocycles. The van der Waals surface area contributed by atoms with Crippen molar-refractivity contribution in [3.63, 3.8) is 0 Å². The number of aryl methyl sites for hydroxylation is 1. The van der Waals surface area contributed by atoms with Crippen molar-refractivity contribution < 1.29 is 19.1 Å². The number of piperazine rings is 1. The molecule has 8 heteroatoms. The van der Waals surface area contributed by atoms with E-state index in [0.29, 0.717) is 42.3 Å². The Labute approximate surface area is 180 Å². The van der Waals surface area contributed by atoms with E-state index in [1.807, 2.05) is 34.1 Å². The predicted molar refractivity (Wildman–Crippen MR) is 117 cm³/mol. The number of hydrogen-bond acceptors (Lipinski definition) is 6. The molecule has 3 rings (SSSR count). The first-order valence-electron chi connectivity index (χ1n) is 10.2. The number of thiophene rings is 1. The second kappa shape index (κ2) is 10.4. The van der Waals surface area contributed by atoms with Crippen LogP contribution in [0.15, 0.2) is 35.7 Å². The summed E-state index contributed by atoms with van der Waals surface area (Å²) >= 11 is 1.29. The Balaban J connectivity index is 1.48. The largest absolute Gasteiger partial charge is 0.462 e. The number of nitrogens with zero attached hydrogens (tertiary/aromatic N) is 2. The smallest absolute Gasteiger partial charge is 0.341 e. The number of carbonyl (C=O) groups excluding carboxylic acids is 3. The van der Waals surface area contributed by atoms with Crippen molar-refractivity contribution in [2.45, 2.75) is 20.3 Å². The van der Waals surface area contributed by atoms with Crippen LogP contribution < -0.4 is 5.32 Å². The molecule has 0 bridgehead atoms. The van der Waals surface area contributed by atoms with E-state index in [2.05, 4.69) is 12.2 Å². The lowest BCUT2D eigenvalue weighted by molar-refractivity contribution is -0.117. The highest BCUT2D eigenvalue weighted by Crippen LogP contribution is 2.24. The Morgan fingerprint density at radius 3 is 2.37 bits per heavy atom. The monoisotopic (exact) mass is 429 g/mol. The molecule has 1 aliphatic rings. The van der Waals surface area contributed by atoms with Crippen LogP contribution in [-0.2, 0) is 16.0 Å². The topological polar surface area (TPSA) is 79.0 Å². The second-order valence-electron chi connectivity index (χ2n) is 7.05. The minimum absolute atomic E-state index is 0.0272. The molecule has 0 saturated carbocycles. The number of carbonyl (C=O) groups is 3. The second-order valence-corrected chi connectivity index (χ2v) is 7.97. The third-order valence-electron chi connectivity index (χ3n) is 5.05. The molecule has 7 nitrogen and oxygen atoms in total. The summed E-state index contributed by atoms with van der Waals surface area (Å²) in [4.78, 5) is 40.9. The van der Waals surface area contributed by atoms with Crippen molar-refractivity contribution in [2.75, 3.05) is 44.6 Å². The normalized spacial score (nSPS) is 14.4. The minimum Gasteiger partial charge on any atom is -0.462 e. The van der Waals surface area contributed by atoms with Crippen molar-refractivity contribution >= 4 is 34.1 Å². The SMILES string of the molecule is CCOC(=O)c1ccsc1NC(=O)CN1CCN(C(=O)c2ccc(CC)cc2)CC1. The van der Waals surface area contributed by atoms with Gasteiger partial charge in [-0.25, -0.2) is 4.79 Å². The maximum Gasteiger partial charge on any atom is 0.341 e. The average Bonchev–Trinajstić information content (AvgIpc) is 3.22. The van der Waals surface area contributed by atoms with Crippen LogP contribution >= 0.6 is 11.3 Å². The molecule has 2 amide bonds. The number of ether oxygens (including phenoxy) is 1. The number of anilines is 1. The Morgan fingerprint density at radius 1 is 1.03 bits per heavy atom. The first-order chi connectivity index (χ1) is 14.5. The Bertz CT molecular complexity index is 886. The van der Waals surface area contributed by atoms with E-state index in [0.717, 1.165) is 6.42 Å². The summed E-state index contributed by atoms with van der Waals surface area (Å²) in [5, 5.41) is 5.06.